The molecule has 1 aliphatic rings. The maximum Gasteiger partial charge on any atom is 0.252 e. The molecule has 0 radical (unpaired) electrons. The van der Waals surface area contributed by atoms with E-state index in [1.807, 2.05) is 18.2 Å². The van der Waals surface area contributed by atoms with Gasteiger partial charge in [0.1, 0.15) is 5.82 Å². The number of para-hydroxylation sites is 2. The number of hydrogen-bond acceptors (Lipinski definition) is 5. The van der Waals surface area contributed by atoms with Gasteiger partial charge in [-0.25, -0.2) is 9.97 Å². The van der Waals surface area contributed by atoms with Crippen LogP contribution in [0.15, 0.2) is 35.1 Å². The smallest absolute Gasteiger partial charge is 0.252 e. The fraction of sp³-hybridized carbons (Fsp3) is 0.389. The highest BCUT2D eigenvalue weighted by atomic mass is 16.1. The first kappa shape index (κ1) is 15.8. The van der Waals surface area contributed by atoms with Gasteiger partial charge in [0.15, 0.2) is 0 Å². The van der Waals surface area contributed by atoms with Crippen LogP contribution < -0.4 is 11.3 Å². The second kappa shape index (κ2) is 6.33. The number of benzene rings is 1. The maximum absolute atomic E-state index is 11.6. The van der Waals surface area contributed by atoms with Crippen molar-refractivity contribution in [2.24, 2.45) is 7.05 Å². The lowest BCUT2D eigenvalue weighted by atomic mass is 10.1. The maximum atomic E-state index is 11.6. The fourth-order valence-electron chi connectivity index (χ4n) is 3.66. The number of imidazole rings is 1. The second-order valence-electron chi connectivity index (χ2n) is 6.67. The molecule has 0 amide bonds. The molecule has 1 fully saturated rings. The molecule has 3 N–H and O–H groups in total. The second-order valence-corrected chi connectivity index (χ2v) is 6.67. The van der Waals surface area contributed by atoms with Gasteiger partial charge in [-0.2, -0.15) is 0 Å². The number of aromatic amines is 1. The van der Waals surface area contributed by atoms with Gasteiger partial charge in [-0.3, -0.25) is 9.78 Å². The zero-order valence-corrected chi connectivity index (χ0v) is 14.3. The highest BCUT2D eigenvalue weighted by molar-refractivity contribution is 5.75. The van der Waals surface area contributed by atoms with E-state index in [9.17, 15) is 4.79 Å². The zero-order valence-electron chi connectivity index (χ0n) is 14.3. The zero-order chi connectivity index (χ0) is 17.4. The lowest BCUT2D eigenvalue weighted by molar-refractivity contribution is 0.334. The first-order valence-electron chi connectivity index (χ1n) is 8.59. The van der Waals surface area contributed by atoms with Crippen molar-refractivity contribution in [2.45, 2.75) is 18.8 Å². The average Bonchev–Trinajstić information content (AvgIpc) is 3.18. The Kier molecular flexibility index (Phi) is 4.01. The number of fused-ring (bicyclic) bond motifs is 1. The summed E-state index contributed by atoms with van der Waals surface area (Å²) in [6.45, 7) is 2.86. The number of nitrogens with two attached hydrogens (primary N) is 1. The minimum Gasteiger partial charge on any atom is -0.369 e. The Morgan fingerprint density at radius 1 is 1.32 bits per heavy atom. The molecule has 1 unspecified atom stereocenters. The fourth-order valence-corrected chi connectivity index (χ4v) is 3.66. The standard InChI is InChI=1S/C18H22N6O/c1-23-15-5-3-2-4-13(15)20-16(23)7-9-24-8-6-12(11-24)14-10-17(25)22-18(19)21-14/h2-5,10,12H,6-9,11H2,1H3,(H3,19,21,22,25). The van der Waals surface area contributed by atoms with Crippen LogP contribution in [0.3, 0.4) is 0 Å². The molecular weight excluding hydrogens is 316 g/mol. The number of nitrogens with zero attached hydrogens (tertiary/aromatic N) is 4. The van der Waals surface area contributed by atoms with Gasteiger partial charge in [0, 0.05) is 38.5 Å². The molecule has 0 aliphatic carbocycles. The highest BCUT2D eigenvalue weighted by Gasteiger charge is 2.25. The number of likely N-dealkylation sites (tertiary alicyclic amines) is 1. The molecule has 7 nitrogen and oxygen atoms in total. The Balaban J connectivity index is 1.42. The van der Waals surface area contributed by atoms with Crippen LogP contribution in [0.4, 0.5) is 5.95 Å². The Morgan fingerprint density at radius 2 is 2.16 bits per heavy atom. The Hall–Kier alpha value is -2.67. The number of rotatable bonds is 4. The molecule has 0 bridgehead atoms. The van der Waals surface area contributed by atoms with Gasteiger partial charge in [0.05, 0.1) is 16.7 Å². The van der Waals surface area contributed by atoms with Crippen molar-refractivity contribution in [3.8, 4) is 0 Å². The van der Waals surface area contributed by atoms with Crippen molar-refractivity contribution < 1.29 is 0 Å². The Morgan fingerprint density at radius 3 is 2.96 bits per heavy atom. The summed E-state index contributed by atoms with van der Waals surface area (Å²) in [7, 11) is 2.07. The third-order valence-electron chi connectivity index (χ3n) is 5.00. The molecule has 3 aromatic rings. The minimum atomic E-state index is -0.180. The number of aromatic nitrogens is 4. The minimum absolute atomic E-state index is 0.180. The summed E-state index contributed by atoms with van der Waals surface area (Å²) in [6.07, 6.45) is 1.90. The lowest BCUT2D eigenvalue weighted by Gasteiger charge is -2.15. The number of anilines is 1. The molecule has 1 saturated heterocycles. The normalized spacial score (nSPS) is 18.2. The molecule has 2 aromatic heterocycles. The van der Waals surface area contributed by atoms with Crippen LogP contribution in [0.5, 0.6) is 0 Å². The van der Waals surface area contributed by atoms with E-state index in [0.717, 1.165) is 49.5 Å². The SMILES string of the molecule is Cn1c(CCN2CCC(c3cc(=O)[nH]c(N)n3)C2)nc2ccccc21. The third kappa shape index (κ3) is 3.15. The number of aryl methyl sites for hydroxylation is 1. The first-order chi connectivity index (χ1) is 12.1. The van der Waals surface area contributed by atoms with Gasteiger partial charge in [-0.05, 0) is 25.1 Å². The summed E-state index contributed by atoms with van der Waals surface area (Å²) in [5.74, 6) is 1.56. The van der Waals surface area contributed by atoms with Gasteiger partial charge in [0.25, 0.3) is 5.56 Å². The van der Waals surface area contributed by atoms with Crippen molar-refractivity contribution in [3.63, 3.8) is 0 Å². The predicted octanol–water partition coefficient (Wildman–Crippen LogP) is 1.27. The molecule has 25 heavy (non-hydrogen) atoms. The van der Waals surface area contributed by atoms with Crippen molar-refractivity contribution >= 4 is 17.0 Å². The summed E-state index contributed by atoms with van der Waals surface area (Å²) in [4.78, 5) is 25.5. The molecular formula is C18H22N6O. The van der Waals surface area contributed by atoms with Crippen molar-refractivity contribution in [1.29, 1.82) is 0 Å². The lowest BCUT2D eigenvalue weighted by Crippen LogP contribution is -2.24. The van der Waals surface area contributed by atoms with Crippen LogP contribution in [-0.4, -0.2) is 44.1 Å². The highest BCUT2D eigenvalue weighted by Crippen LogP contribution is 2.25. The monoisotopic (exact) mass is 338 g/mol. The number of H-pyrrole nitrogens is 1. The van der Waals surface area contributed by atoms with Crippen LogP contribution in [0.2, 0.25) is 0 Å². The summed E-state index contributed by atoms with van der Waals surface area (Å²) < 4.78 is 2.17. The molecule has 3 heterocycles. The molecule has 1 atom stereocenters. The average molecular weight is 338 g/mol. The molecule has 1 aromatic carbocycles. The van der Waals surface area contributed by atoms with Crippen molar-refractivity contribution in [2.75, 3.05) is 25.4 Å². The van der Waals surface area contributed by atoms with Crippen molar-refractivity contribution in [1.82, 2.24) is 24.4 Å². The summed E-state index contributed by atoms with van der Waals surface area (Å²) in [5, 5.41) is 0. The molecule has 0 saturated carbocycles. The van der Waals surface area contributed by atoms with Gasteiger partial charge in [0.2, 0.25) is 5.95 Å². The van der Waals surface area contributed by atoms with E-state index in [2.05, 4.69) is 32.5 Å². The van der Waals surface area contributed by atoms with Gasteiger partial charge < -0.3 is 15.2 Å². The predicted molar refractivity (Wildman–Crippen MR) is 97.5 cm³/mol. The molecule has 1 aliphatic heterocycles. The van der Waals surface area contributed by atoms with E-state index in [1.165, 1.54) is 5.52 Å². The van der Waals surface area contributed by atoms with Crippen LogP contribution in [0, 0.1) is 0 Å². The number of nitrogen functional groups attached to an aromatic ring is 1. The summed E-state index contributed by atoms with van der Waals surface area (Å²) >= 11 is 0. The van der Waals surface area contributed by atoms with Crippen LogP contribution >= 0.6 is 0 Å². The topological polar surface area (TPSA) is 92.8 Å². The largest absolute Gasteiger partial charge is 0.369 e. The summed E-state index contributed by atoms with van der Waals surface area (Å²) in [5.41, 5.74) is 8.49. The molecule has 4 rings (SSSR count). The van der Waals surface area contributed by atoms with E-state index in [1.54, 1.807) is 6.07 Å². The van der Waals surface area contributed by atoms with E-state index in [4.69, 9.17) is 10.7 Å². The molecule has 130 valence electrons. The van der Waals surface area contributed by atoms with Crippen LogP contribution in [0.1, 0.15) is 23.9 Å². The molecule has 0 spiro atoms. The van der Waals surface area contributed by atoms with E-state index >= 15 is 0 Å². The van der Waals surface area contributed by atoms with Gasteiger partial charge >= 0.3 is 0 Å². The first-order valence-corrected chi connectivity index (χ1v) is 8.59. The number of hydrogen-bond donors (Lipinski definition) is 2. The summed E-state index contributed by atoms with van der Waals surface area (Å²) in [6, 6.07) is 9.77. The van der Waals surface area contributed by atoms with Gasteiger partial charge in [-0.1, -0.05) is 12.1 Å². The quantitative estimate of drug-likeness (QED) is 0.747. The van der Waals surface area contributed by atoms with E-state index < -0.39 is 0 Å². The van der Waals surface area contributed by atoms with Crippen LogP contribution in [-0.2, 0) is 13.5 Å². The molecule has 7 heteroatoms. The van der Waals surface area contributed by atoms with Crippen LogP contribution in [0.25, 0.3) is 11.0 Å². The Labute approximate surface area is 145 Å². The van der Waals surface area contributed by atoms with E-state index in [0.29, 0.717) is 0 Å². The number of nitrogens with one attached hydrogen (secondary N) is 1. The van der Waals surface area contributed by atoms with Crippen molar-refractivity contribution in [3.05, 3.63) is 52.2 Å². The van der Waals surface area contributed by atoms with Gasteiger partial charge in [-0.15, -0.1) is 0 Å². The Bertz CT molecular complexity index is 960. The van der Waals surface area contributed by atoms with E-state index in [-0.39, 0.29) is 17.4 Å². The third-order valence-corrected chi connectivity index (χ3v) is 5.00.